The van der Waals surface area contributed by atoms with E-state index in [0.717, 1.165) is 11.1 Å². The van der Waals surface area contributed by atoms with E-state index in [0.29, 0.717) is 11.4 Å². The summed E-state index contributed by atoms with van der Waals surface area (Å²) in [6.07, 6.45) is -0.912. The van der Waals surface area contributed by atoms with Gasteiger partial charge in [0.2, 0.25) is 5.91 Å². The van der Waals surface area contributed by atoms with Crippen molar-refractivity contribution >= 4 is 27.5 Å². The summed E-state index contributed by atoms with van der Waals surface area (Å²) in [6.45, 7) is 6.68. The molecule has 0 spiro atoms. The molecular formula is C19H23N3O5S. The first kappa shape index (κ1) is 21.4. The smallest absolute Gasteiger partial charge is 0.275 e. The van der Waals surface area contributed by atoms with E-state index in [9.17, 15) is 18.0 Å². The molecule has 3 N–H and O–H groups in total. The van der Waals surface area contributed by atoms with Crippen molar-refractivity contribution in [2.75, 3.05) is 5.32 Å². The zero-order valence-corrected chi connectivity index (χ0v) is 16.9. The SMILES string of the molecule is CC(=O)Nc1ccc(S(=O)(=O)NNC(=O)[C@H](C)Oc2cccc(C)c2C)cc1. The van der Waals surface area contributed by atoms with Gasteiger partial charge in [-0.05, 0) is 62.2 Å². The van der Waals surface area contributed by atoms with Crippen LogP contribution in [-0.2, 0) is 19.6 Å². The van der Waals surface area contributed by atoms with E-state index in [2.05, 4.69) is 10.7 Å². The summed E-state index contributed by atoms with van der Waals surface area (Å²) in [5.74, 6) is -0.350. The molecule has 8 nitrogen and oxygen atoms in total. The van der Waals surface area contributed by atoms with Crippen LogP contribution < -0.4 is 20.3 Å². The van der Waals surface area contributed by atoms with Gasteiger partial charge in [0.05, 0.1) is 4.90 Å². The second-order valence-electron chi connectivity index (χ2n) is 6.26. The number of hydrazine groups is 1. The third-order valence-corrected chi connectivity index (χ3v) is 5.29. The number of nitrogens with one attached hydrogen (secondary N) is 3. The lowest BCUT2D eigenvalue weighted by Crippen LogP contribution is -2.47. The molecule has 0 aliphatic heterocycles. The highest BCUT2D eigenvalue weighted by molar-refractivity contribution is 7.89. The van der Waals surface area contributed by atoms with Gasteiger partial charge in [0, 0.05) is 12.6 Å². The number of amides is 2. The summed E-state index contributed by atoms with van der Waals surface area (Å²) in [5.41, 5.74) is 4.54. The minimum atomic E-state index is -3.97. The molecule has 2 rings (SSSR count). The van der Waals surface area contributed by atoms with Crippen LogP contribution in [-0.4, -0.2) is 26.3 Å². The fraction of sp³-hybridized carbons (Fsp3) is 0.263. The van der Waals surface area contributed by atoms with Crippen molar-refractivity contribution < 1.29 is 22.7 Å². The number of rotatable bonds is 7. The lowest BCUT2D eigenvalue weighted by molar-refractivity contribution is -0.127. The monoisotopic (exact) mass is 405 g/mol. The maximum atomic E-state index is 12.3. The Kier molecular flexibility index (Phi) is 6.76. The lowest BCUT2D eigenvalue weighted by atomic mass is 10.1. The van der Waals surface area contributed by atoms with Crippen LogP contribution in [0.1, 0.15) is 25.0 Å². The Morgan fingerprint density at radius 3 is 2.29 bits per heavy atom. The van der Waals surface area contributed by atoms with Crippen molar-refractivity contribution in [1.29, 1.82) is 0 Å². The van der Waals surface area contributed by atoms with Crippen LogP contribution in [0.2, 0.25) is 0 Å². The zero-order chi connectivity index (χ0) is 20.9. The van der Waals surface area contributed by atoms with Gasteiger partial charge >= 0.3 is 0 Å². The number of ether oxygens (including phenoxy) is 1. The molecule has 0 saturated heterocycles. The average Bonchev–Trinajstić information content (AvgIpc) is 2.63. The maximum absolute atomic E-state index is 12.3. The molecule has 0 unspecified atom stereocenters. The fourth-order valence-corrected chi connectivity index (χ4v) is 3.14. The van der Waals surface area contributed by atoms with Crippen molar-refractivity contribution in [2.45, 2.75) is 38.7 Å². The van der Waals surface area contributed by atoms with Gasteiger partial charge in [-0.2, -0.15) is 0 Å². The van der Waals surface area contributed by atoms with Crippen molar-refractivity contribution in [3.63, 3.8) is 0 Å². The van der Waals surface area contributed by atoms with E-state index in [1.807, 2.05) is 30.8 Å². The summed E-state index contributed by atoms with van der Waals surface area (Å²) in [6, 6.07) is 11.0. The quantitative estimate of drug-likeness (QED) is 0.610. The van der Waals surface area contributed by atoms with Gasteiger partial charge in [-0.3, -0.25) is 15.0 Å². The lowest BCUT2D eigenvalue weighted by Gasteiger charge is -2.17. The second-order valence-corrected chi connectivity index (χ2v) is 7.94. The number of hydrogen-bond acceptors (Lipinski definition) is 5. The molecule has 2 amide bonds. The molecule has 0 radical (unpaired) electrons. The molecular weight excluding hydrogens is 382 g/mol. The number of hydrogen-bond donors (Lipinski definition) is 3. The van der Waals surface area contributed by atoms with E-state index >= 15 is 0 Å². The Balaban J connectivity index is 1.98. The molecule has 0 aliphatic carbocycles. The first-order valence-corrected chi connectivity index (χ1v) is 10.0. The molecule has 0 heterocycles. The van der Waals surface area contributed by atoms with Crippen LogP contribution in [0.15, 0.2) is 47.4 Å². The largest absolute Gasteiger partial charge is 0.481 e. The minimum Gasteiger partial charge on any atom is -0.481 e. The third kappa shape index (κ3) is 5.54. The molecule has 0 saturated carbocycles. The summed E-state index contributed by atoms with van der Waals surface area (Å²) in [4.78, 5) is 25.2. The van der Waals surface area contributed by atoms with Gasteiger partial charge in [-0.1, -0.05) is 12.1 Å². The van der Waals surface area contributed by atoms with Gasteiger partial charge in [-0.15, -0.1) is 4.83 Å². The highest BCUT2D eigenvalue weighted by Gasteiger charge is 2.20. The minimum absolute atomic E-state index is 0.0648. The topological polar surface area (TPSA) is 114 Å². The highest BCUT2D eigenvalue weighted by atomic mass is 32.2. The van der Waals surface area contributed by atoms with E-state index < -0.39 is 22.0 Å². The summed E-state index contributed by atoms with van der Waals surface area (Å²) in [5, 5.41) is 2.54. The summed E-state index contributed by atoms with van der Waals surface area (Å²) >= 11 is 0. The van der Waals surface area contributed by atoms with Crippen LogP contribution in [0.5, 0.6) is 5.75 Å². The number of benzene rings is 2. The van der Waals surface area contributed by atoms with E-state index in [-0.39, 0.29) is 10.8 Å². The second kappa shape index (κ2) is 8.85. The standard InChI is InChI=1S/C19H23N3O5S/c1-12-6-5-7-18(13(12)2)27-14(3)19(24)21-22-28(25,26)17-10-8-16(9-11-17)20-15(4)23/h5-11,14,22H,1-4H3,(H,20,23)(H,21,24)/t14-/m0/s1. The first-order chi connectivity index (χ1) is 13.1. The number of sulfonamides is 1. The Bertz CT molecular complexity index is 972. The van der Waals surface area contributed by atoms with E-state index in [1.54, 1.807) is 6.07 Å². The van der Waals surface area contributed by atoms with Crippen LogP contribution in [0.25, 0.3) is 0 Å². The Morgan fingerprint density at radius 2 is 1.68 bits per heavy atom. The number of carbonyl (C=O) groups is 2. The highest BCUT2D eigenvalue weighted by Crippen LogP contribution is 2.21. The number of carbonyl (C=O) groups excluding carboxylic acids is 2. The van der Waals surface area contributed by atoms with Crippen molar-refractivity contribution in [1.82, 2.24) is 10.3 Å². The molecule has 2 aromatic rings. The van der Waals surface area contributed by atoms with Crippen molar-refractivity contribution in [3.05, 3.63) is 53.6 Å². The number of anilines is 1. The summed E-state index contributed by atoms with van der Waals surface area (Å²) < 4.78 is 30.2. The molecule has 0 fully saturated rings. The molecule has 0 bridgehead atoms. The Morgan fingerprint density at radius 1 is 1.04 bits per heavy atom. The van der Waals surface area contributed by atoms with Crippen molar-refractivity contribution in [3.8, 4) is 5.75 Å². The fourth-order valence-electron chi connectivity index (χ4n) is 2.29. The van der Waals surface area contributed by atoms with Gasteiger partial charge in [0.15, 0.2) is 6.10 Å². The molecule has 1 atom stereocenters. The van der Waals surface area contributed by atoms with Crippen LogP contribution >= 0.6 is 0 Å². The zero-order valence-electron chi connectivity index (χ0n) is 16.1. The Hall–Kier alpha value is -2.91. The average molecular weight is 405 g/mol. The molecule has 28 heavy (non-hydrogen) atoms. The summed E-state index contributed by atoms with van der Waals surface area (Å²) in [7, 11) is -3.97. The first-order valence-electron chi connectivity index (χ1n) is 8.52. The van der Waals surface area contributed by atoms with Crippen molar-refractivity contribution in [2.24, 2.45) is 0 Å². The molecule has 150 valence electrons. The maximum Gasteiger partial charge on any atom is 0.275 e. The van der Waals surface area contributed by atoms with Crippen LogP contribution in [0, 0.1) is 13.8 Å². The Labute approximate surface area is 164 Å². The third-order valence-electron chi connectivity index (χ3n) is 4.02. The molecule has 2 aromatic carbocycles. The van der Waals surface area contributed by atoms with E-state index in [4.69, 9.17) is 4.74 Å². The predicted octanol–water partition coefficient (Wildman–Crippen LogP) is 2.04. The van der Waals surface area contributed by atoms with Gasteiger partial charge in [-0.25, -0.2) is 8.42 Å². The van der Waals surface area contributed by atoms with E-state index in [1.165, 1.54) is 38.1 Å². The number of aryl methyl sites for hydroxylation is 1. The molecule has 0 aliphatic rings. The van der Waals surface area contributed by atoms with Gasteiger partial charge < -0.3 is 10.1 Å². The molecule has 9 heteroatoms. The molecule has 0 aromatic heterocycles. The van der Waals surface area contributed by atoms with Gasteiger partial charge in [0.25, 0.3) is 15.9 Å². The van der Waals surface area contributed by atoms with Crippen LogP contribution in [0.4, 0.5) is 5.69 Å². The predicted molar refractivity (Wildman–Crippen MR) is 105 cm³/mol. The van der Waals surface area contributed by atoms with Crippen LogP contribution in [0.3, 0.4) is 0 Å². The normalized spacial score (nSPS) is 12.1. The van der Waals surface area contributed by atoms with Gasteiger partial charge in [0.1, 0.15) is 5.75 Å².